The fraction of sp³-hybridized carbons (Fsp3) is 0.435. The van der Waals surface area contributed by atoms with Gasteiger partial charge in [0, 0.05) is 10.1 Å². The van der Waals surface area contributed by atoms with Crippen molar-refractivity contribution in [1.29, 1.82) is 0 Å². The molecule has 0 unspecified atom stereocenters. The van der Waals surface area contributed by atoms with E-state index in [9.17, 15) is 23.1 Å². The number of anilines is 2. The molecule has 0 aliphatic carbocycles. The highest BCUT2D eigenvalue weighted by atomic mass is 127. The lowest BCUT2D eigenvalue weighted by molar-refractivity contribution is -0.0788. The van der Waals surface area contributed by atoms with Crippen LogP contribution >= 0.6 is 22.6 Å². The maximum absolute atomic E-state index is 14.6. The summed E-state index contributed by atoms with van der Waals surface area (Å²) in [5.41, 5.74) is -1.71. The Balaban J connectivity index is 1.72. The van der Waals surface area contributed by atoms with Gasteiger partial charge in [0.2, 0.25) is 0 Å². The Morgan fingerprint density at radius 2 is 1.84 bits per heavy atom. The molecule has 3 rings (SSSR count). The molecule has 1 saturated heterocycles. The Hall–Kier alpha value is -1.85. The van der Waals surface area contributed by atoms with Crippen molar-refractivity contribution in [3.05, 3.63) is 56.9 Å². The van der Waals surface area contributed by atoms with Crippen LogP contribution in [-0.4, -0.2) is 47.7 Å². The monoisotopic (exact) mass is 561 g/mol. The van der Waals surface area contributed by atoms with Crippen molar-refractivity contribution >= 4 is 39.9 Å². The molecule has 1 aliphatic rings. The molecule has 1 aliphatic heterocycles. The lowest BCUT2D eigenvalue weighted by atomic mass is 9.92. The van der Waals surface area contributed by atoms with Gasteiger partial charge >= 0.3 is 0 Å². The smallest absolute Gasteiger partial charge is 0.256 e. The summed E-state index contributed by atoms with van der Waals surface area (Å²) in [6.07, 6.45) is 2.08. The minimum atomic E-state index is -1.27. The van der Waals surface area contributed by atoms with Gasteiger partial charge in [-0.2, -0.15) is 0 Å². The Morgan fingerprint density at radius 1 is 1.16 bits per heavy atom. The first kappa shape index (κ1) is 24.8. The van der Waals surface area contributed by atoms with Gasteiger partial charge in [-0.3, -0.25) is 4.79 Å². The predicted molar refractivity (Wildman–Crippen MR) is 127 cm³/mol. The number of nitrogens with one attached hydrogen (secondary N) is 2. The van der Waals surface area contributed by atoms with Crippen LogP contribution in [-0.2, 0) is 0 Å². The van der Waals surface area contributed by atoms with Gasteiger partial charge < -0.3 is 20.6 Å². The highest BCUT2D eigenvalue weighted by Gasteiger charge is 2.44. The number of amides is 1. The van der Waals surface area contributed by atoms with Crippen molar-refractivity contribution < 1.29 is 23.1 Å². The third-order valence-electron chi connectivity index (χ3n) is 5.82. The highest BCUT2D eigenvalue weighted by Crippen LogP contribution is 2.31. The molecule has 0 radical (unpaired) electrons. The standard InChI is InChI=1S/C23H27F3IN3O2/c1-3-14(4-2)10-28-11-23(32)12-30(13-23)22(31)16-6-7-17(24)20(26)21(16)29-19-8-5-15(27)9-18(19)25/h5-9,14,28-29,32H,3-4,10-13H2,1-2H3. The second kappa shape index (κ2) is 10.4. The number of nitrogens with zero attached hydrogens (tertiary/aromatic N) is 1. The van der Waals surface area contributed by atoms with Gasteiger partial charge in [-0.15, -0.1) is 0 Å². The van der Waals surface area contributed by atoms with Gasteiger partial charge in [-0.25, -0.2) is 13.2 Å². The Labute approximate surface area is 199 Å². The van der Waals surface area contributed by atoms with E-state index in [2.05, 4.69) is 24.5 Å². The van der Waals surface area contributed by atoms with Crippen molar-refractivity contribution in [3.63, 3.8) is 0 Å². The molecular formula is C23H27F3IN3O2. The quantitative estimate of drug-likeness (QED) is 0.390. The lowest BCUT2D eigenvalue weighted by Gasteiger charge is -2.46. The molecule has 1 amide bonds. The molecule has 2 aromatic carbocycles. The average molecular weight is 561 g/mol. The predicted octanol–water partition coefficient (Wildman–Crippen LogP) is 4.66. The Bertz CT molecular complexity index is 979. The zero-order valence-electron chi connectivity index (χ0n) is 18.0. The first-order valence-corrected chi connectivity index (χ1v) is 11.7. The lowest BCUT2D eigenvalue weighted by Crippen LogP contribution is -2.67. The summed E-state index contributed by atoms with van der Waals surface area (Å²) >= 11 is 1.93. The highest BCUT2D eigenvalue weighted by molar-refractivity contribution is 14.1. The van der Waals surface area contributed by atoms with Crippen LogP contribution in [0.5, 0.6) is 0 Å². The van der Waals surface area contributed by atoms with Crippen LogP contribution in [0.2, 0.25) is 0 Å². The van der Waals surface area contributed by atoms with E-state index in [-0.39, 0.29) is 24.3 Å². The van der Waals surface area contributed by atoms with Gasteiger partial charge in [0.15, 0.2) is 11.6 Å². The van der Waals surface area contributed by atoms with E-state index in [0.717, 1.165) is 31.5 Å². The zero-order valence-corrected chi connectivity index (χ0v) is 20.2. The fourth-order valence-electron chi connectivity index (χ4n) is 3.75. The summed E-state index contributed by atoms with van der Waals surface area (Å²) in [5, 5.41) is 16.4. The number of aliphatic hydroxyl groups is 1. The maximum Gasteiger partial charge on any atom is 0.256 e. The second-order valence-corrected chi connectivity index (χ2v) is 9.48. The molecule has 0 spiro atoms. The van der Waals surface area contributed by atoms with E-state index < -0.39 is 34.6 Å². The average Bonchev–Trinajstić information content (AvgIpc) is 2.74. The van der Waals surface area contributed by atoms with Crippen molar-refractivity contribution in [2.45, 2.75) is 32.3 Å². The van der Waals surface area contributed by atoms with Crippen LogP contribution in [0.1, 0.15) is 37.0 Å². The molecule has 0 saturated carbocycles. The normalized spacial score (nSPS) is 15.1. The van der Waals surface area contributed by atoms with Gasteiger partial charge in [0.1, 0.15) is 11.4 Å². The van der Waals surface area contributed by atoms with Crippen LogP contribution in [0.3, 0.4) is 0 Å². The maximum atomic E-state index is 14.6. The minimum Gasteiger partial charge on any atom is -0.385 e. The number of halogens is 4. The van der Waals surface area contributed by atoms with Crippen molar-refractivity contribution in [2.24, 2.45) is 5.92 Å². The molecule has 1 heterocycles. The SMILES string of the molecule is CCC(CC)CNCC1(O)CN(C(=O)c2ccc(F)c(F)c2Nc2ccc(I)cc2F)C1. The Morgan fingerprint density at radius 3 is 2.47 bits per heavy atom. The molecule has 9 heteroatoms. The molecule has 174 valence electrons. The minimum absolute atomic E-state index is 0.0675. The second-order valence-electron chi connectivity index (χ2n) is 8.23. The molecule has 0 bridgehead atoms. The Kier molecular flexibility index (Phi) is 8.05. The number of benzene rings is 2. The van der Waals surface area contributed by atoms with Crippen LogP contribution < -0.4 is 10.6 Å². The third kappa shape index (κ3) is 5.55. The van der Waals surface area contributed by atoms with Crippen LogP contribution in [0.25, 0.3) is 0 Å². The summed E-state index contributed by atoms with van der Waals surface area (Å²) < 4.78 is 43.3. The largest absolute Gasteiger partial charge is 0.385 e. The topological polar surface area (TPSA) is 64.6 Å². The fourth-order valence-corrected chi connectivity index (χ4v) is 4.21. The van der Waals surface area contributed by atoms with Gasteiger partial charge in [-0.05, 0) is 65.4 Å². The molecular weight excluding hydrogens is 534 g/mol. The molecule has 32 heavy (non-hydrogen) atoms. The number of carbonyl (C=O) groups is 1. The van der Waals surface area contributed by atoms with Gasteiger partial charge in [-0.1, -0.05) is 26.7 Å². The zero-order chi connectivity index (χ0) is 23.5. The summed E-state index contributed by atoms with van der Waals surface area (Å²) in [7, 11) is 0. The molecule has 5 nitrogen and oxygen atoms in total. The van der Waals surface area contributed by atoms with E-state index in [1.807, 2.05) is 22.6 Å². The van der Waals surface area contributed by atoms with E-state index >= 15 is 0 Å². The number of carbonyl (C=O) groups excluding carboxylic acids is 1. The molecule has 1 fully saturated rings. The van der Waals surface area contributed by atoms with E-state index in [4.69, 9.17) is 0 Å². The van der Waals surface area contributed by atoms with Crippen molar-refractivity contribution in [1.82, 2.24) is 10.2 Å². The molecule has 0 atom stereocenters. The third-order valence-corrected chi connectivity index (χ3v) is 6.49. The van der Waals surface area contributed by atoms with Crippen molar-refractivity contribution in [2.75, 3.05) is 31.5 Å². The summed E-state index contributed by atoms with van der Waals surface area (Å²) in [6.45, 7) is 5.48. The number of likely N-dealkylation sites (tertiary alicyclic amines) is 1. The van der Waals surface area contributed by atoms with Crippen LogP contribution in [0.4, 0.5) is 24.5 Å². The number of rotatable bonds is 9. The summed E-state index contributed by atoms with van der Waals surface area (Å²) in [4.78, 5) is 14.3. The number of hydrogen-bond donors (Lipinski definition) is 3. The molecule has 2 aromatic rings. The molecule has 0 aromatic heterocycles. The number of hydrogen-bond acceptors (Lipinski definition) is 4. The first-order valence-electron chi connectivity index (χ1n) is 10.6. The first-order chi connectivity index (χ1) is 15.2. The van der Waals surface area contributed by atoms with Crippen LogP contribution in [0.15, 0.2) is 30.3 Å². The van der Waals surface area contributed by atoms with E-state index in [1.54, 1.807) is 6.07 Å². The van der Waals surface area contributed by atoms with Crippen LogP contribution in [0, 0.1) is 26.9 Å². The number of β-amino-alcohol motifs (C(OH)–C–C–N with tert-alkyl or cyclic N) is 1. The summed E-state index contributed by atoms with van der Waals surface area (Å²) in [5.74, 6) is -3.12. The van der Waals surface area contributed by atoms with Gasteiger partial charge in [0.05, 0.1) is 30.0 Å². The van der Waals surface area contributed by atoms with Gasteiger partial charge in [0.25, 0.3) is 5.91 Å². The van der Waals surface area contributed by atoms with Crippen molar-refractivity contribution in [3.8, 4) is 0 Å². The summed E-state index contributed by atoms with van der Waals surface area (Å²) in [6, 6.07) is 6.27. The van der Waals surface area contributed by atoms with E-state index in [1.165, 1.54) is 17.0 Å². The van der Waals surface area contributed by atoms with E-state index in [0.29, 0.717) is 16.0 Å². The molecule has 3 N–H and O–H groups in total.